The highest BCUT2D eigenvalue weighted by Gasteiger charge is 2.26. The Kier molecular flexibility index (Phi) is 5.66. The third-order valence-corrected chi connectivity index (χ3v) is 4.72. The molecule has 2 heterocycles. The summed E-state index contributed by atoms with van der Waals surface area (Å²) in [5.41, 5.74) is 0.603. The van der Waals surface area contributed by atoms with Crippen molar-refractivity contribution in [2.45, 2.75) is 26.5 Å². The minimum atomic E-state index is -0.802. The number of rotatable bonds is 6. The van der Waals surface area contributed by atoms with Crippen molar-refractivity contribution in [3.63, 3.8) is 0 Å². The van der Waals surface area contributed by atoms with Crippen LogP contribution in [-0.4, -0.2) is 27.3 Å². The second-order valence-electron chi connectivity index (χ2n) is 6.31. The first-order chi connectivity index (χ1) is 13.0. The number of fused-ring (bicyclic) bond motifs is 1. The van der Waals surface area contributed by atoms with Crippen molar-refractivity contribution in [1.82, 2.24) is 14.7 Å². The number of aromatic nitrogens is 2. The number of carbonyl (C=O) groups excluding carboxylic acids is 2. The van der Waals surface area contributed by atoms with Crippen molar-refractivity contribution in [2.75, 3.05) is 0 Å². The van der Waals surface area contributed by atoms with Crippen molar-refractivity contribution in [2.24, 2.45) is 5.92 Å². The molecule has 0 radical (unpaired) electrons. The average molecular weight is 385 g/mol. The van der Waals surface area contributed by atoms with Gasteiger partial charge in [-0.2, -0.15) is 0 Å². The van der Waals surface area contributed by atoms with Crippen LogP contribution < -0.4 is 10.9 Å². The fourth-order valence-electron chi connectivity index (χ4n) is 2.51. The molecule has 0 saturated heterocycles. The Labute approximate surface area is 159 Å². The van der Waals surface area contributed by atoms with Gasteiger partial charge in [0.25, 0.3) is 11.5 Å². The number of hydrogen-bond donors (Lipinski definition) is 1. The Hall–Kier alpha value is -3.00. The van der Waals surface area contributed by atoms with E-state index in [1.165, 1.54) is 21.8 Å². The van der Waals surface area contributed by atoms with Gasteiger partial charge in [0.15, 0.2) is 4.96 Å². The summed E-state index contributed by atoms with van der Waals surface area (Å²) >= 11 is 1.32. The van der Waals surface area contributed by atoms with E-state index >= 15 is 0 Å². The van der Waals surface area contributed by atoms with Crippen LogP contribution in [0.15, 0.2) is 52.8 Å². The molecule has 2 aromatic heterocycles. The van der Waals surface area contributed by atoms with Crippen LogP contribution in [-0.2, 0) is 16.1 Å². The van der Waals surface area contributed by atoms with Gasteiger partial charge in [-0.1, -0.05) is 32.0 Å². The molecule has 3 rings (SSSR count). The number of carbonyl (C=O) groups is 2. The lowest BCUT2D eigenvalue weighted by Crippen LogP contribution is -2.45. The molecule has 7 nitrogen and oxygen atoms in total. The molecule has 0 aliphatic heterocycles. The Morgan fingerprint density at radius 1 is 1.26 bits per heavy atom. The molecule has 0 aliphatic carbocycles. The van der Waals surface area contributed by atoms with Crippen molar-refractivity contribution in [3.05, 3.63) is 69.6 Å². The zero-order chi connectivity index (χ0) is 19.4. The van der Waals surface area contributed by atoms with E-state index in [1.54, 1.807) is 35.8 Å². The first-order valence-corrected chi connectivity index (χ1v) is 9.32. The van der Waals surface area contributed by atoms with E-state index in [4.69, 9.17) is 4.74 Å². The fraction of sp³-hybridized carbons (Fsp3) is 0.263. The molecule has 27 heavy (non-hydrogen) atoms. The molecule has 1 N–H and O–H groups in total. The van der Waals surface area contributed by atoms with Gasteiger partial charge in [0.1, 0.15) is 12.6 Å². The van der Waals surface area contributed by atoms with Crippen molar-refractivity contribution >= 4 is 28.2 Å². The second kappa shape index (κ2) is 8.13. The lowest BCUT2D eigenvalue weighted by Gasteiger charge is -2.20. The van der Waals surface area contributed by atoms with E-state index in [9.17, 15) is 14.4 Å². The largest absolute Gasteiger partial charge is 0.458 e. The standard InChI is InChI=1S/C19H19N3O4S/c1-12(2)16(21-17(24)13-6-4-3-5-7-13)18(25)26-11-14-10-15(23)22-8-9-27-19(22)20-14/h3-10,12,16H,11H2,1-2H3,(H,21,24)/t16-/m1/s1. The third-order valence-electron chi connectivity index (χ3n) is 3.96. The molecule has 140 valence electrons. The van der Waals surface area contributed by atoms with Gasteiger partial charge in [-0.3, -0.25) is 14.0 Å². The van der Waals surface area contributed by atoms with Gasteiger partial charge in [0.05, 0.1) is 5.69 Å². The zero-order valence-corrected chi connectivity index (χ0v) is 15.7. The normalized spacial score (nSPS) is 12.1. The highest BCUT2D eigenvalue weighted by atomic mass is 32.1. The summed E-state index contributed by atoms with van der Waals surface area (Å²) < 4.78 is 6.73. The van der Waals surface area contributed by atoms with Crippen molar-refractivity contribution < 1.29 is 14.3 Å². The molecule has 1 atom stereocenters. The molecule has 0 fully saturated rings. The van der Waals surface area contributed by atoms with Gasteiger partial charge in [-0.25, -0.2) is 9.78 Å². The highest BCUT2D eigenvalue weighted by Crippen LogP contribution is 2.10. The summed E-state index contributed by atoms with van der Waals surface area (Å²) in [6, 6.07) is 9.19. The van der Waals surface area contributed by atoms with Crippen LogP contribution in [0.5, 0.6) is 0 Å². The summed E-state index contributed by atoms with van der Waals surface area (Å²) in [5.74, 6) is -1.08. The molecule has 0 unspecified atom stereocenters. The quantitative estimate of drug-likeness (QED) is 0.658. The van der Waals surface area contributed by atoms with E-state index < -0.39 is 12.0 Å². The predicted octanol–water partition coefficient (Wildman–Crippen LogP) is 2.25. The number of nitrogens with one attached hydrogen (secondary N) is 1. The number of thiazole rings is 1. The molecule has 1 amide bonds. The van der Waals surface area contributed by atoms with Crippen LogP contribution >= 0.6 is 11.3 Å². The van der Waals surface area contributed by atoms with Crippen LogP contribution in [0.3, 0.4) is 0 Å². The first-order valence-electron chi connectivity index (χ1n) is 8.44. The smallest absolute Gasteiger partial charge is 0.329 e. The van der Waals surface area contributed by atoms with E-state index in [0.29, 0.717) is 16.2 Å². The Balaban J connectivity index is 1.67. The number of nitrogens with zero attached hydrogens (tertiary/aromatic N) is 2. The number of hydrogen-bond acceptors (Lipinski definition) is 6. The Bertz CT molecular complexity index is 1010. The van der Waals surface area contributed by atoms with Crippen LogP contribution in [0.2, 0.25) is 0 Å². The van der Waals surface area contributed by atoms with Crippen molar-refractivity contribution in [3.8, 4) is 0 Å². The molecule has 8 heteroatoms. The summed E-state index contributed by atoms with van der Waals surface area (Å²) in [7, 11) is 0. The van der Waals surface area contributed by atoms with E-state index in [2.05, 4.69) is 10.3 Å². The Morgan fingerprint density at radius 2 is 2.00 bits per heavy atom. The first kappa shape index (κ1) is 18.8. The summed E-state index contributed by atoms with van der Waals surface area (Å²) in [6.07, 6.45) is 1.64. The lowest BCUT2D eigenvalue weighted by atomic mass is 10.0. The Morgan fingerprint density at radius 3 is 2.70 bits per heavy atom. The topological polar surface area (TPSA) is 89.8 Å². The molecular formula is C19H19N3O4S. The van der Waals surface area contributed by atoms with E-state index in [-0.39, 0.29) is 24.0 Å². The molecule has 0 aliphatic rings. The van der Waals surface area contributed by atoms with E-state index in [1.807, 2.05) is 19.9 Å². The maximum Gasteiger partial charge on any atom is 0.329 e. The van der Waals surface area contributed by atoms with E-state index in [0.717, 1.165) is 0 Å². The predicted molar refractivity (Wildman–Crippen MR) is 102 cm³/mol. The monoisotopic (exact) mass is 385 g/mol. The summed E-state index contributed by atoms with van der Waals surface area (Å²) in [5, 5.41) is 4.47. The second-order valence-corrected chi connectivity index (χ2v) is 7.18. The number of amides is 1. The molecule has 0 bridgehead atoms. The van der Waals surface area contributed by atoms with Gasteiger partial charge in [-0.15, -0.1) is 11.3 Å². The summed E-state index contributed by atoms with van der Waals surface area (Å²) in [4.78, 5) is 41.6. The third kappa shape index (κ3) is 4.40. The van der Waals surface area contributed by atoms with Crippen LogP contribution in [0.1, 0.15) is 29.9 Å². The number of benzene rings is 1. The lowest BCUT2D eigenvalue weighted by molar-refractivity contribution is -0.148. The van der Waals surface area contributed by atoms with Gasteiger partial charge in [0.2, 0.25) is 0 Å². The molecule has 3 aromatic rings. The molecular weight excluding hydrogens is 366 g/mol. The van der Waals surface area contributed by atoms with Gasteiger partial charge in [0, 0.05) is 23.2 Å². The SMILES string of the molecule is CC(C)[C@@H](NC(=O)c1ccccc1)C(=O)OCc1cc(=O)n2ccsc2n1. The minimum absolute atomic E-state index is 0.132. The summed E-state index contributed by atoms with van der Waals surface area (Å²) in [6.45, 7) is 3.51. The van der Waals surface area contributed by atoms with Gasteiger partial charge in [-0.05, 0) is 18.1 Å². The molecule has 1 aromatic carbocycles. The van der Waals surface area contributed by atoms with Crippen LogP contribution in [0, 0.1) is 5.92 Å². The van der Waals surface area contributed by atoms with Crippen LogP contribution in [0.25, 0.3) is 4.96 Å². The van der Waals surface area contributed by atoms with Gasteiger partial charge < -0.3 is 10.1 Å². The zero-order valence-electron chi connectivity index (χ0n) is 14.9. The number of esters is 1. The maximum absolute atomic E-state index is 12.5. The minimum Gasteiger partial charge on any atom is -0.458 e. The fourth-order valence-corrected chi connectivity index (χ4v) is 3.25. The van der Waals surface area contributed by atoms with Gasteiger partial charge >= 0.3 is 5.97 Å². The maximum atomic E-state index is 12.5. The molecule has 0 spiro atoms. The molecule has 0 saturated carbocycles. The highest BCUT2D eigenvalue weighted by molar-refractivity contribution is 7.15. The van der Waals surface area contributed by atoms with Crippen molar-refractivity contribution in [1.29, 1.82) is 0 Å². The average Bonchev–Trinajstić information content (AvgIpc) is 3.13. The number of ether oxygens (including phenoxy) is 1. The van der Waals surface area contributed by atoms with Crippen LogP contribution in [0.4, 0.5) is 0 Å².